The number of fused-ring (bicyclic) bond motifs is 1. The van der Waals surface area contributed by atoms with Crippen LogP contribution in [0.2, 0.25) is 0 Å². The number of nitrogens with zero attached hydrogens (tertiary/aromatic N) is 2. The molecule has 1 atom stereocenters. The first-order valence-electron chi connectivity index (χ1n) is 6.78. The van der Waals surface area contributed by atoms with E-state index in [-0.39, 0.29) is 0 Å². The van der Waals surface area contributed by atoms with E-state index >= 15 is 0 Å². The standard InChI is InChI=1S/C15H19N3O/c1-2-13-10-19-8-7-18(13)15-6-3-11-9-12(16)4-5-14(11)17-15/h3-6,9,13H,2,7-8,10,16H2,1H3. The molecule has 0 radical (unpaired) electrons. The molecule has 3 rings (SSSR count). The maximum atomic E-state index is 5.79. The summed E-state index contributed by atoms with van der Waals surface area (Å²) in [5.74, 6) is 1.03. The van der Waals surface area contributed by atoms with Gasteiger partial charge in [0.1, 0.15) is 5.82 Å². The Morgan fingerprint density at radius 1 is 1.37 bits per heavy atom. The highest BCUT2D eigenvalue weighted by Gasteiger charge is 2.22. The van der Waals surface area contributed by atoms with Gasteiger partial charge in [0.25, 0.3) is 0 Å². The minimum absolute atomic E-state index is 0.424. The molecule has 1 aliphatic heterocycles. The molecule has 1 aromatic heterocycles. The Hall–Kier alpha value is -1.81. The van der Waals surface area contributed by atoms with E-state index in [0.29, 0.717) is 6.04 Å². The molecule has 2 aromatic rings. The first kappa shape index (κ1) is 12.2. The van der Waals surface area contributed by atoms with Crippen LogP contribution in [-0.4, -0.2) is 30.8 Å². The lowest BCUT2D eigenvalue weighted by molar-refractivity contribution is 0.0926. The van der Waals surface area contributed by atoms with Gasteiger partial charge in [-0.15, -0.1) is 0 Å². The number of ether oxygens (including phenoxy) is 1. The monoisotopic (exact) mass is 257 g/mol. The lowest BCUT2D eigenvalue weighted by Crippen LogP contribution is -2.45. The van der Waals surface area contributed by atoms with Crippen molar-refractivity contribution >= 4 is 22.4 Å². The second-order valence-corrected chi connectivity index (χ2v) is 4.95. The number of nitrogen functional groups attached to an aromatic ring is 1. The van der Waals surface area contributed by atoms with Gasteiger partial charge in [0, 0.05) is 17.6 Å². The first-order valence-corrected chi connectivity index (χ1v) is 6.78. The van der Waals surface area contributed by atoms with E-state index in [9.17, 15) is 0 Å². The van der Waals surface area contributed by atoms with Crippen molar-refractivity contribution in [1.82, 2.24) is 4.98 Å². The summed E-state index contributed by atoms with van der Waals surface area (Å²) in [6, 6.07) is 10.4. The summed E-state index contributed by atoms with van der Waals surface area (Å²) in [7, 11) is 0. The predicted molar refractivity (Wildman–Crippen MR) is 78.4 cm³/mol. The van der Waals surface area contributed by atoms with Crippen LogP contribution in [0.15, 0.2) is 30.3 Å². The summed E-state index contributed by atoms with van der Waals surface area (Å²) in [5, 5.41) is 1.09. The maximum Gasteiger partial charge on any atom is 0.129 e. The Bertz CT molecular complexity index is 585. The molecule has 19 heavy (non-hydrogen) atoms. The van der Waals surface area contributed by atoms with Crippen molar-refractivity contribution < 1.29 is 4.74 Å². The minimum atomic E-state index is 0.424. The largest absolute Gasteiger partial charge is 0.399 e. The SMILES string of the molecule is CCC1COCCN1c1ccc2cc(N)ccc2n1. The van der Waals surface area contributed by atoms with Gasteiger partial charge in [-0.1, -0.05) is 6.92 Å². The van der Waals surface area contributed by atoms with E-state index in [1.54, 1.807) is 0 Å². The van der Waals surface area contributed by atoms with Crippen molar-refractivity contribution in [1.29, 1.82) is 0 Å². The number of rotatable bonds is 2. The number of pyridine rings is 1. The molecule has 4 nitrogen and oxygen atoms in total. The summed E-state index contributed by atoms with van der Waals surface area (Å²) in [6.45, 7) is 4.66. The third-order valence-corrected chi connectivity index (χ3v) is 3.69. The van der Waals surface area contributed by atoms with E-state index in [4.69, 9.17) is 15.5 Å². The molecule has 2 heterocycles. The highest BCUT2D eigenvalue weighted by Crippen LogP contribution is 2.23. The molecule has 0 aliphatic carbocycles. The summed E-state index contributed by atoms with van der Waals surface area (Å²) in [6.07, 6.45) is 1.07. The number of aromatic nitrogens is 1. The van der Waals surface area contributed by atoms with Crippen LogP contribution in [0.3, 0.4) is 0 Å². The fraction of sp³-hybridized carbons (Fsp3) is 0.400. The van der Waals surface area contributed by atoms with Gasteiger partial charge in [-0.05, 0) is 36.8 Å². The normalized spacial score (nSPS) is 19.8. The van der Waals surface area contributed by atoms with E-state index < -0.39 is 0 Å². The molecule has 0 spiro atoms. The zero-order chi connectivity index (χ0) is 13.2. The summed E-state index contributed by atoms with van der Waals surface area (Å²) in [4.78, 5) is 7.10. The molecular formula is C15H19N3O. The average Bonchev–Trinajstić information content (AvgIpc) is 2.46. The number of hydrogen-bond acceptors (Lipinski definition) is 4. The minimum Gasteiger partial charge on any atom is -0.399 e. The van der Waals surface area contributed by atoms with Crippen LogP contribution in [0.5, 0.6) is 0 Å². The highest BCUT2D eigenvalue weighted by atomic mass is 16.5. The van der Waals surface area contributed by atoms with E-state index in [2.05, 4.69) is 24.0 Å². The van der Waals surface area contributed by atoms with Gasteiger partial charge in [-0.25, -0.2) is 4.98 Å². The van der Waals surface area contributed by atoms with Crippen molar-refractivity contribution in [2.75, 3.05) is 30.4 Å². The van der Waals surface area contributed by atoms with Crippen LogP contribution >= 0.6 is 0 Å². The maximum absolute atomic E-state index is 5.79. The molecule has 1 unspecified atom stereocenters. The second-order valence-electron chi connectivity index (χ2n) is 4.95. The molecule has 0 bridgehead atoms. The van der Waals surface area contributed by atoms with Gasteiger partial charge in [0.15, 0.2) is 0 Å². The molecule has 1 saturated heterocycles. The van der Waals surface area contributed by atoms with Crippen LogP contribution in [0, 0.1) is 0 Å². The zero-order valence-electron chi connectivity index (χ0n) is 11.2. The molecular weight excluding hydrogens is 238 g/mol. The number of benzene rings is 1. The zero-order valence-corrected chi connectivity index (χ0v) is 11.2. The van der Waals surface area contributed by atoms with Gasteiger partial charge in [0.05, 0.1) is 24.8 Å². The van der Waals surface area contributed by atoms with Gasteiger partial charge in [-0.2, -0.15) is 0 Å². The second kappa shape index (κ2) is 5.05. The molecule has 1 aromatic carbocycles. The molecule has 0 saturated carbocycles. The fourth-order valence-electron chi connectivity index (χ4n) is 2.59. The third kappa shape index (κ3) is 2.36. The van der Waals surface area contributed by atoms with Gasteiger partial charge in [-0.3, -0.25) is 0 Å². The molecule has 1 fully saturated rings. The topological polar surface area (TPSA) is 51.4 Å². The van der Waals surface area contributed by atoms with Gasteiger partial charge >= 0.3 is 0 Å². The van der Waals surface area contributed by atoms with Crippen molar-refractivity contribution in [3.8, 4) is 0 Å². The lowest BCUT2D eigenvalue weighted by Gasteiger charge is -2.36. The number of anilines is 2. The Morgan fingerprint density at radius 2 is 2.26 bits per heavy atom. The lowest BCUT2D eigenvalue weighted by atomic mass is 10.1. The van der Waals surface area contributed by atoms with Crippen LogP contribution in [0.1, 0.15) is 13.3 Å². The van der Waals surface area contributed by atoms with E-state index in [1.165, 1.54) is 0 Å². The Kier molecular flexibility index (Phi) is 3.25. The molecule has 2 N–H and O–H groups in total. The summed E-state index contributed by atoms with van der Waals surface area (Å²) in [5.41, 5.74) is 7.56. The van der Waals surface area contributed by atoms with E-state index in [1.807, 2.05) is 18.2 Å². The smallest absolute Gasteiger partial charge is 0.129 e. The quantitative estimate of drug-likeness (QED) is 0.839. The van der Waals surface area contributed by atoms with E-state index in [0.717, 1.165) is 48.6 Å². The summed E-state index contributed by atoms with van der Waals surface area (Å²) < 4.78 is 5.54. The van der Waals surface area contributed by atoms with Crippen LogP contribution in [0.25, 0.3) is 10.9 Å². The number of morpholine rings is 1. The number of hydrogen-bond donors (Lipinski definition) is 1. The number of nitrogens with two attached hydrogens (primary N) is 1. The average molecular weight is 257 g/mol. The fourth-order valence-corrected chi connectivity index (χ4v) is 2.59. The Morgan fingerprint density at radius 3 is 3.11 bits per heavy atom. The van der Waals surface area contributed by atoms with Crippen LogP contribution in [-0.2, 0) is 4.74 Å². The van der Waals surface area contributed by atoms with Crippen LogP contribution in [0.4, 0.5) is 11.5 Å². The molecule has 4 heteroatoms. The molecule has 0 amide bonds. The summed E-state index contributed by atoms with van der Waals surface area (Å²) >= 11 is 0. The van der Waals surface area contributed by atoms with Gasteiger partial charge < -0.3 is 15.4 Å². The molecule has 1 aliphatic rings. The highest BCUT2D eigenvalue weighted by molar-refractivity contribution is 5.83. The first-order chi connectivity index (χ1) is 9.28. The third-order valence-electron chi connectivity index (χ3n) is 3.69. The van der Waals surface area contributed by atoms with Crippen molar-refractivity contribution in [2.24, 2.45) is 0 Å². The predicted octanol–water partition coefficient (Wildman–Crippen LogP) is 2.43. The Balaban J connectivity index is 1.97. The Labute approximate surface area is 113 Å². The van der Waals surface area contributed by atoms with Gasteiger partial charge in [0.2, 0.25) is 0 Å². The van der Waals surface area contributed by atoms with Crippen LogP contribution < -0.4 is 10.6 Å². The van der Waals surface area contributed by atoms with Crippen molar-refractivity contribution in [3.63, 3.8) is 0 Å². The van der Waals surface area contributed by atoms with Crippen molar-refractivity contribution in [2.45, 2.75) is 19.4 Å². The molecule has 100 valence electrons. The van der Waals surface area contributed by atoms with Crippen molar-refractivity contribution in [3.05, 3.63) is 30.3 Å².